The van der Waals surface area contributed by atoms with Crippen LogP contribution in [0.2, 0.25) is 0 Å². The Morgan fingerprint density at radius 2 is 1.74 bits per heavy atom. The van der Waals surface area contributed by atoms with E-state index in [1.54, 1.807) is 20.8 Å². The Bertz CT molecular complexity index is 397. The normalized spacial score (nSPS) is 26.7. The molecule has 1 rings (SSSR count). The lowest BCUT2D eigenvalue weighted by Gasteiger charge is -2.33. The molecule has 108 valence electrons. The molecule has 0 amide bonds. The highest BCUT2D eigenvalue weighted by Crippen LogP contribution is 2.47. The molecular weight excluding hydrogens is 277 g/mol. The van der Waals surface area contributed by atoms with Crippen molar-refractivity contribution in [2.75, 3.05) is 0 Å². The SMILES string of the molecule is CC(C)(C)[S+]([O-])N=C1CCC(C#N)(C(F)(F)F)CC1. The second-order valence-corrected chi connectivity index (χ2v) is 7.62. The van der Waals surface area contributed by atoms with Crippen LogP contribution in [0.5, 0.6) is 0 Å². The first-order chi connectivity index (χ1) is 8.52. The molecule has 19 heavy (non-hydrogen) atoms. The third-order valence-corrected chi connectivity index (χ3v) is 4.64. The minimum atomic E-state index is -4.52. The van der Waals surface area contributed by atoms with Gasteiger partial charge >= 0.3 is 6.18 Å². The van der Waals surface area contributed by atoms with Crippen molar-refractivity contribution in [2.24, 2.45) is 9.81 Å². The summed E-state index contributed by atoms with van der Waals surface area (Å²) in [4.78, 5) is 0. The van der Waals surface area contributed by atoms with Gasteiger partial charge in [0.1, 0.15) is 16.1 Å². The summed E-state index contributed by atoms with van der Waals surface area (Å²) in [5.41, 5.74) is -1.75. The number of alkyl halides is 3. The van der Waals surface area contributed by atoms with Crippen molar-refractivity contribution in [2.45, 2.75) is 57.4 Å². The van der Waals surface area contributed by atoms with Gasteiger partial charge in [0.05, 0.1) is 11.8 Å². The van der Waals surface area contributed by atoms with Gasteiger partial charge < -0.3 is 4.55 Å². The predicted molar refractivity (Wildman–Crippen MR) is 67.9 cm³/mol. The van der Waals surface area contributed by atoms with E-state index < -0.39 is 27.7 Å². The second kappa shape index (κ2) is 5.33. The summed E-state index contributed by atoms with van der Waals surface area (Å²) in [6.45, 7) is 5.27. The van der Waals surface area contributed by atoms with Crippen LogP contribution in [-0.2, 0) is 11.4 Å². The van der Waals surface area contributed by atoms with Crippen molar-refractivity contribution in [3.05, 3.63) is 0 Å². The molecule has 0 aliphatic heterocycles. The van der Waals surface area contributed by atoms with Crippen LogP contribution in [0.25, 0.3) is 0 Å². The van der Waals surface area contributed by atoms with E-state index in [9.17, 15) is 17.7 Å². The standard InChI is InChI=1S/C12H17F3N2OS/c1-10(2,3)19(18)17-9-4-6-11(8-16,7-5-9)12(13,14)15/h4-7H2,1-3H3. The second-order valence-electron chi connectivity index (χ2n) is 5.71. The Hall–Kier alpha value is -0.740. The first-order valence-corrected chi connectivity index (χ1v) is 7.09. The lowest BCUT2D eigenvalue weighted by molar-refractivity contribution is -0.207. The van der Waals surface area contributed by atoms with Crippen LogP contribution < -0.4 is 0 Å². The Morgan fingerprint density at radius 1 is 1.26 bits per heavy atom. The van der Waals surface area contributed by atoms with E-state index in [2.05, 4.69) is 4.40 Å². The fraction of sp³-hybridized carbons (Fsp3) is 0.833. The molecule has 0 aromatic rings. The maximum Gasteiger partial charge on any atom is 0.407 e. The third kappa shape index (κ3) is 3.63. The zero-order valence-corrected chi connectivity index (χ0v) is 12.0. The van der Waals surface area contributed by atoms with Crippen molar-refractivity contribution in [3.63, 3.8) is 0 Å². The van der Waals surface area contributed by atoms with E-state index >= 15 is 0 Å². The molecule has 3 nitrogen and oxygen atoms in total. The van der Waals surface area contributed by atoms with Crippen LogP contribution in [0, 0.1) is 16.7 Å². The Kier molecular flexibility index (Phi) is 4.58. The van der Waals surface area contributed by atoms with Crippen molar-refractivity contribution in [1.82, 2.24) is 0 Å². The largest absolute Gasteiger partial charge is 0.591 e. The first kappa shape index (κ1) is 16.3. The molecule has 0 saturated heterocycles. The highest BCUT2D eigenvalue weighted by atomic mass is 32.2. The van der Waals surface area contributed by atoms with Gasteiger partial charge in [0.15, 0.2) is 5.41 Å². The minimum absolute atomic E-state index is 0.0783. The third-order valence-electron chi connectivity index (χ3n) is 3.17. The van der Waals surface area contributed by atoms with Crippen molar-refractivity contribution >= 4 is 17.1 Å². The molecular formula is C12H17F3N2OS. The summed E-state index contributed by atoms with van der Waals surface area (Å²) in [5, 5.41) is 8.80. The molecule has 0 radical (unpaired) electrons. The van der Waals surface area contributed by atoms with Crippen LogP contribution in [0.1, 0.15) is 46.5 Å². The Morgan fingerprint density at radius 3 is 2.05 bits per heavy atom. The molecule has 0 heterocycles. The van der Waals surface area contributed by atoms with Gasteiger partial charge in [0, 0.05) is 0 Å². The fourth-order valence-corrected chi connectivity index (χ4v) is 2.46. The highest BCUT2D eigenvalue weighted by Gasteiger charge is 2.56. The molecule has 1 atom stereocenters. The average molecular weight is 294 g/mol. The summed E-state index contributed by atoms with van der Waals surface area (Å²) >= 11 is -1.46. The zero-order chi connectivity index (χ0) is 14.9. The first-order valence-electron chi connectivity index (χ1n) is 5.98. The van der Waals surface area contributed by atoms with Crippen LogP contribution >= 0.6 is 0 Å². The van der Waals surface area contributed by atoms with E-state index in [1.165, 1.54) is 6.07 Å². The lowest BCUT2D eigenvalue weighted by atomic mass is 9.74. The summed E-state index contributed by atoms with van der Waals surface area (Å²) in [6, 6.07) is 1.41. The molecule has 1 saturated carbocycles. The Labute approximate surface area is 114 Å². The van der Waals surface area contributed by atoms with Crippen LogP contribution in [0.15, 0.2) is 4.40 Å². The van der Waals surface area contributed by atoms with Gasteiger partial charge in [0.2, 0.25) is 0 Å². The van der Waals surface area contributed by atoms with Crippen molar-refractivity contribution in [1.29, 1.82) is 5.26 Å². The van der Waals surface area contributed by atoms with E-state index in [4.69, 9.17) is 5.26 Å². The molecule has 1 aliphatic carbocycles. The zero-order valence-electron chi connectivity index (χ0n) is 11.2. The van der Waals surface area contributed by atoms with E-state index in [-0.39, 0.29) is 25.7 Å². The number of rotatable bonds is 1. The van der Waals surface area contributed by atoms with Crippen molar-refractivity contribution < 1.29 is 17.7 Å². The summed E-state index contributed by atoms with van der Waals surface area (Å²) in [6.07, 6.45) is -4.96. The lowest BCUT2D eigenvalue weighted by Crippen LogP contribution is -2.40. The molecule has 1 unspecified atom stereocenters. The number of hydrogen-bond donors (Lipinski definition) is 0. The van der Waals surface area contributed by atoms with Crippen molar-refractivity contribution in [3.8, 4) is 6.07 Å². The summed E-state index contributed by atoms with van der Waals surface area (Å²) in [7, 11) is 0. The van der Waals surface area contributed by atoms with Gasteiger partial charge in [-0.15, -0.1) is 0 Å². The average Bonchev–Trinajstić information content (AvgIpc) is 2.27. The maximum absolute atomic E-state index is 12.9. The minimum Gasteiger partial charge on any atom is -0.591 e. The quantitative estimate of drug-likeness (QED) is 0.694. The van der Waals surface area contributed by atoms with Crippen LogP contribution in [0.3, 0.4) is 0 Å². The highest BCUT2D eigenvalue weighted by molar-refractivity contribution is 7.91. The van der Waals surface area contributed by atoms with Crippen LogP contribution in [-0.4, -0.2) is 21.2 Å². The fourth-order valence-electron chi connectivity index (χ4n) is 1.77. The summed E-state index contributed by atoms with van der Waals surface area (Å²) in [5.74, 6) is 0. The van der Waals surface area contributed by atoms with Gasteiger partial charge in [-0.25, -0.2) is 0 Å². The molecule has 1 aliphatic rings. The molecule has 0 N–H and O–H groups in total. The van der Waals surface area contributed by atoms with Crippen LogP contribution in [0.4, 0.5) is 13.2 Å². The topological polar surface area (TPSA) is 59.2 Å². The molecule has 0 aromatic carbocycles. The molecule has 0 bridgehead atoms. The van der Waals surface area contributed by atoms with E-state index in [1.807, 2.05) is 0 Å². The number of nitrogens with zero attached hydrogens (tertiary/aromatic N) is 2. The van der Waals surface area contributed by atoms with Gasteiger partial charge in [-0.1, -0.05) is 4.40 Å². The van der Waals surface area contributed by atoms with Gasteiger partial charge in [-0.2, -0.15) is 18.4 Å². The smallest absolute Gasteiger partial charge is 0.407 e. The maximum atomic E-state index is 12.9. The molecule has 0 aromatic heterocycles. The summed E-state index contributed by atoms with van der Waals surface area (Å²) < 4.78 is 53.8. The van der Waals surface area contributed by atoms with Gasteiger partial charge in [0.25, 0.3) is 0 Å². The number of nitriles is 1. The number of hydrogen-bond acceptors (Lipinski definition) is 3. The van der Waals surface area contributed by atoms with E-state index in [0.717, 1.165) is 0 Å². The predicted octanol–water partition coefficient (Wildman–Crippen LogP) is 3.54. The molecule has 7 heteroatoms. The van der Waals surface area contributed by atoms with E-state index in [0.29, 0.717) is 5.71 Å². The number of halogens is 3. The van der Waals surface area contributed by atoms with Gasteiger partial charge in [-0.3, -0.25) is 0 Å². The Balaban J connectivity index is 2.78. The molecule has 0 spiro atoms. The van der Waals surface area contributed by atoms with Gasteiger partial charge in [-0.05, 0) is 46.5 Å². The molecule has 1 fully saturated rings. The monoisotopic (exact) mass is 294 g/mol.